The van der Waals surface area contributed by atoms with Crippen LogP contribution < -0.4 is 10.2 Å². The van der Waals surface area contributed by atoms with Crippen LogP contribution in [0.5, 0.6) is 0 Å². The third-order valence-corrected chi connectivity index (χ3v) is 4.39. The summed E-state index contributed by atoms with van der Waals surface area (Å²) in [7, 11) is 0. The van der Waals surface area contributed by atoms with Crippen LogP contribution in [0.1, 0.15) is 31.9 Å². The van der Waals surface area contributed by atoms with E-state index in [9.17, 15) is 9.59 Å². The van der Waals surface area contributed by atoms with E-state index in [1.807, 2.05) is 32.0 Å². The van der Waals surface area contributed by atoms with Crippen LogP contribution in [0.4, 0.5) is 11.4 Å². The fourth-order valence-corrected chi connectivity index (χ4v) is 2.99. The Bertz CT molecular complexity index is 752. The molecule has 0 saturated carbocycles. The first-order valence-electron chi connectivity index (χ1n) is 8.41. The van der Waals surface area contributed by atoms with Crippen LogP contribution in [-0.2, 0) is 22.4 Å². The van der Waals surface area contributed by atoms with Gasteiger partial charge in [0, 0.05) is 6.92 Å². The van der Waals surface area contributed by atoms with Crippen molar-refractivity contribution >= 4 is 34.8 Å². The predicted molar refractivity (Wildman–Crippen MR) is 103 cm³/mol. The van der Waals surface area contributed by atoms with Crippen molar-refractivity contribution < 1.29 is 9.59 Å². The van der Waals surface area contributed by atoms with E-state index >= 15 is 0 Å². The molecule has 2 aromatic carbocycles. The third kappa shape index (κ3) is 4.60. The number of benzene rings is 2. The van der Waals surface area contributed by atoms with E-state index in [-0.39, 0.29) is 18.4 Å². The minimum atomic E-state index is -0.281. The number of para-hydroxylation sites is 2. The first-order valence-corrected chi connectivity index (χ1v) is 8.78. The highest BCUT2D eigenvalue weighted by Gasteiger charge is 2.21. The summed E-state index contributed by atoms with van der Waals surface area (Å²) in [4.78, 5) is 26.3. The van der Waals surface area contributed by atoms with Gasteiger partial charge in [-0.15, -0.1) is 0 Å². The van der Waals surface area contributed by atoms with Gasteiger partial charge in [0.05, 0.1) is 16.4 Å². The Balaban J connectivity index is 2.29. The van der Waals surface area contributed by atoms with E-state index < -0.39 is 0 Å². The summed E-state index contributed by atoms with van der Waals surface area (Å²) in [5.74, 6) is -0.443. The lowest BCUT2D eigenvalue weighted by Crippen LogP contribution is -2.38. The Hall–Kier alpha value is -2.33. The molecule has 0 heterocycles. The van der Waals surface area contributed by atoms with Crippen molar-refractivity contribution in [2.24, 2.45) is 0 Å². The number of anilines is 2. The van der Waals surface area contributed by atoms with Crippen LogP contribution in [0.2, 0.25) is 5.02 Å². The lowest BCUT2D eigenvalue weighted by atomic mass is 10.0. The zero-order chi connectivity index (χ0) is 18.4. The van der Waals surface area contributed by atoms with Crippen molar-refractivity contribution in [2.75, 3.05) is 16.8 Å². The normalized spacial score (nSPS) is 10.4. The van der Waals surface area contributed by atoms with E-state index in [0.717, 1.165) is 29.7 Å². The molecule has 0 aliphatic carbocycles. The number of aryl methyl sites for hydroxylation is 2. The minimum Gasteiger partial charge on any atom is -0.323 e. The maximum absolute atomic E-state index is 12.5. The molecule has 2 amide bonds. The summed E-state index contributed by atoms with van der Waals surface area (Å²) in [6, 6.07) is 13.0. The average molecular weight is 359 g/mol. The molecule has 0 aliphatic rings. The van der Waals surface area contributed by atoms with Crippen molar-refractivity contribution in [3.8, 4) is 0 Å². The number of rotatable bonds is 6. The second-order valence-corrected chi connectivity index (χ2v) is 6.17. The Morgan fingerprint density at radius 3 is 2.12 bits per heavy atom. The lowest BCUT2D eigenvalue weighted by Gasteiger charge is -2.26. The van der Waals surface area contributed by atoms with E-state index in [1.54, 1.807) is 29.2 Å². The van der Waals surface area contributed by atoms with E-state index in [0.29, 0.717) is 10.7 Å². The molecule has 0 aromatic heterocycles. The summed E-state index contributed by atoms with van der Waals surface area (Å²) in [5, 5.41) is 3.24. The van der Waals surface area contributed by atoms with Crippen molar-refractivity contribution in [3.63, 3.8) is 0 Å². The fourth-order valence-electron chi connectivity index (χ4n) is 2.81. The predicted octanol–water partition coefficient (Wildman–Crippen LogP) is 4.46. The first kappa shape index (κ1) is 19.0. The average Bonchev–Trinajstić information content (AvgIpc) is 2.60. The number of halogens is 1. The molecule has 2 rings (SSSR count). The monoisotopic (exact) mass is 358 g/mol. The molecule has 0 aliphatic heterocycles. The van der Waals surface area contributed by atoms with Crippen molar-refractivity contribution in [1.29, 1.82) is 0 Å². The number of nitrogens with zero attached hydrogens (tertiary/aromatic N) is 1. The van der Waals surface area contributed by atoms with Crippen LogP contribution in [0, 0.1) is 0 Å². The van der Waals surface area contributed by atoms with Gasteiger partial charge in [-0.05, 0) is 36.1 Å². The van der Waals surface area contributed by atoms with Gasteiger partial charge in [0.2, 0.25) is 11.8 Å². The quantitative estimate of drug-likeness (QED) is 0.828. The minimum absolute atomic E-state index is 0.0510. The standard InChI is InChI=1S/C20H23ClN2O2/c1-4-15-9-8-10-16(5-2)20(15)23(14(3)24)13-19(25)22-18-12-7-6-11-17(18)21/h6-12H,4-5,13H2,1-3H3,(H,22,25). The molecule has 0 spiro atoms. The second-order valence-electron chi connectivity index (χ2n) is 5.77. The topological polar surface area (TPSA) is 49.4 Å². The van der Waals surface area contributed by atoms with Gasteiger partial charge in [-0.25, -0.2) is 0 Å². The zero-order valence-corrected chi connectivity index (χ0v) is 15.6. The SMILES string of the molecule is CCc1cccc(CC)c1N(CC(=O)Nc1ccccc1Cl)C(C)=O. The number of carbonyl (C=O) groups excluding carboxylic acids is 2. The molecule has 4 nitrogen and oxygen atoms in total. The lowest BCUT2D eigenvalue weighted by molar-refractivity contribution is -0.120. The molecule has 132 valence electrons. The molecule has 2 aromatic rings. The molecular weight excluding hydrogens is 336 g/mol. The van der Waals surface area contributed by atoms with Crippen molar-refractivity contribution in [1.82, 2.24) is 0 Å². The smallest absolute Gasteiger partial charge is 0.244 e. The van der Waals surface area contributed by atoms with Crippen molar-refractivity contribution in [3.05, 3.63) is 58.6 Å². The summed E-state index contributed by atoms with van der Waals surface area (Å²) < 4.78 is 0. The molecule has 0 unspecified atom stereocenters. The number of hydrogen-bond acceptors (Lipinski definition) is 2. The van der Waals surface area contributed by atoms with E-state index in [4.69, 9.17) is 11.6 Å². The second kappa shape index (κ2) is 8.67. The van der Waals surface area contributed by atoms with Gasteiger partial charge in [-0.1, -0.05) is 55.8 Å². The van der Waals surface area contributed by atoms with Crippen molar-refractivity contribution in [2.45, 2.75) is 33.6 Å². The first-order chi connectivity index (χ1) is 12.0. The Morgan fingerprint density at radius 1 is 1.00 bits per heavy atom. The Labute approximate surface area is 153 Å². The molecular formula is C20H23ClN2O2. The van der Waals surface area contributed by atoms with Crippen LogP contribution in [0.15, 0.2) is 42.5 Å². The largest absolute Gasteiger partial charge is 0.323 e. The number of nitrogens with one attached hydrogen (secondary N) is 1. The number of hydrogen-bond donors (Lipinski definition) is 1. The van der Waals surface area contributed by atoms with E-state index in [1.165, 1.54) is 6.92 Å². The Kier molecular flexibility index (Phi) is 6.59. The van der Waals surface area contributed by atoms with Gasteiger partial charge >= 0.3 is 0 Å². The van der Waals surface area contributed by atoms with E-state index in [2.05, 4.69) is 5.32 Å². The van der Waals surface area contributed by atoms with Crippen LogP contribution in [-0.4, -0.2) is 18.4 Å². The van der Waals surface area contributed by atoms with Gasteiger partial charge in [0.25, 0.3) is 0 Å². The maximum Gasteiger partial charge on any atom is 0.244 e. The molecule has 0 radical (unpaired) electrons. The molecule has 0 saturated heterocycles. The highest BCUT2D eigenvalue weighted by atomic mass is 35.5. The van der Waals surface area contributed by atoms with Crippen LogP contribution in [0.3, 0.4) is 0 Å². The summed E-state index contributed by atoms with van der Waals surface area (Å²) in [6.45, 7) is 5.51. The van der Waals surface area contributed by atoms with Gasteiger partial charge in [-0.3, -0.25) is 9.59 Å². The molecule has 5 heteroatoms. The maximum atomic E-state index is 12.5. The number of amides is 2. The molecule has 0 bridgehead atoms. The van der Waals surface area contributed by atoms with Crippen LogP contribution in [0.25, 0.3) is 0 Å². The zero-order valence-electron chi connectivity index (χ0n) is 14.8. The molecule has 25 heavy (non-hydrogen) atoms. The Morgan fingerprint density at radius 2 is 1.60 bits per heavy atom. The summed E-state index contributed by atoms with van der Waals surface area (Å²) >= 11 is 6.08. The van der Waals surface area contributed by atoms with Crippen LogP contribution >= 0.6 is 11.6 Å². The fraction of sp³-hybridized carbons (Fsp3) is 0.300. The highest BCUT2D eigenvalue weighted by molar-refractivity contribution is 6.33. The molecule has 1 N–H and O–H groups in total. The molecule has 0 fully saturated rings. The van der Waals surface area contributed by atoms with Gasteiger partial charge in [0.15, 0.2) is 0 Å². The number of carbonyl (C=O) groups is 2. The summed E-state index contributed by atoms with van der Waals surface area (Å²) in [5.41, 5.74) is 3.49. The highest BCUT2D eigenvalue weighted by Crippen LogP contribution is 2.27. The van der Waals surface area contributed by atoms with Gasteiger partial charge < -0.3 is 10.2 Å². The molecule has 0 atom stereocenters. The van der Waals surface area contributed by atoms with Gasteiger partial charge in [-0.2, -0.15) is 0 Å². The third-order valence-electron chi connectivity index (χ3n) is 4.06. The van der Waals surface area contributed by atoms with Gasteiger partial charge in [0.1, 0.15) is 6.54 Å². The summed E-state index contributed by atoms with van der Waals surface area (Å²) in [6.07, 6.45) is 1.58.